The summed E-state index contributed by atoms with van der Waals surface area (Å²) in [5.74, 6) is 1.63. The summed E-state index contributed by atoms with van der Waals surface area (Å²) in [5, 5.41) is 6.76. The van der Waals surface area contributed by atoms with Gasteiger partial charge in [-0.1, -0.05) is 30.3 Å². The van der Waals surface area contributed by atoms with Gasteiger partial charge >= 0.3 is 0 Å². The predicted octanol–water partition coefficient (Wildman–Crippen LogP) is 2.91. The summed E-state index contributed by atoms with van der Waals surface area (Å²) in [5.41, 5.74) is 2.23. The number of hydrogen-bond acceptors (Lipinski definition) is 4. The van der Waals surface area contributed by atoms with Crippen LogP contribution in [0.3, 0.4) is 0 Å². The Bertz CT molecular complexity index is 544. The van der Waals surface area contributed by atoms with Crippen LogP contribution < -0.4 is 20.1 Å². The van der Waals surface area contributed by atoms with Gasteiger partial charge in [0.05, 0.1) is 19.9 Å². The molecule has 0 saturated heterocycles. The molecule has 0 fully saturated rings. The predicted molar refractivity (Wildman–Crippen MR) is 86.2 cm³/mol. The molecular weight excluding hydrogens is 264 g/mol. The molecule has 4 nitrogen and oxygen atoms in total. The van der Waals surface area contributed by atoms with Gasteiger partial charge in [-0.25, -0.2) is 0 Å². The lowest BCUT2D eigenvalue weighted by atomic mass is 10.2. The molecule has 2 aromatic carbocycles. The molecule has 2 N–H and O–H groups in total. The minimum atomic E-state index is 0.815. The van der Waals surface area contributed by atoms with E-state index in [1.54, 1.807) is 14.2 Å². The first-order valence-corrected chi connectivity index (χ1v) is 7.04. The monoisotopic (exact) mass is 286 g/mol. The van der Waals surface area contributed by atoms with Crippen LogP contribution in [-0.4, -0.2) is 27.3 Å². The van der Waals surface area contributed by atoms with E-state index < -0.39 is 0 Å². The quantitative estimate of drug-likeness (QED) is 0.732. The smallest absolute Gasteiger partial charge is 0.142 e. The molecule has 2 aromatic rings. The summed E-state index contributed by atoms with van der Waals surface area (Å²) in [6, 6.07) is 16.1. The van der Waals surface area contributed by atoms with Gasteiger partial charge in [0, 0.05) is 25.7 Å². The molecule has 0 spiro atoms. The zero-order chi connectivity index (χ0) is 14.9. The van der Waals surface area contributed by atoms with Crippen molar-refractivity contribution < 1.29 is 9.47 Å². The Kier molecular flexibility index (Phi) is 5.91. The molecule has 0 aromatic heterocycles. The fourth-order valence-corrected chi connectivity index (χ4v) is 2.07. The van der Waals surface area contributed by atoms with E-state index in [2.05, 4.69) is 34.9 Å². The summed E-state index contributed by atoms with van der Waals surface area (Å²) in [7, 11) is 3.33. The molecule has 0 aliphatic rings. The summed E-state index contributed by atoms with van der Waals surface area (Å²) in [6.45, 7) is 2.56. The van der Waals surface area contributed by atoms with Crippen molar-refractivity contribution in [2.75, 3.05) is 32.6 Å². The SMILES string of the molecule is COc1ccc(OC)c(NCCNCc2ccccc2)c1. The first kappa shape index (κ1) is 15.2. The largest absolute Gasteiger partial charge is 0.497 e. The minimum Gasteiger partial charge on any atom is -0.497 e. The summed E-state index contributed by atoms with van der Waals surface area (Å²) >= 11 is 0. The van der Waals surface area contributed by atoms with Crippen LogP contribution in [0.1, 0.15) is 5.56 Å². The number of nitrogens with one attached hydrogen (secondary N) is 2. The molecule has 0 amide bonds. The summed E-state index contributed by atoms with van der Waals surface area (Å²) < 4.78 is 10.6. The summed E-state index contributed by atoms with van der Waals surface area (Å²) in [4.78, 5) is 0. The van der Waals surface area contributed by atoms with Gasteiger partial charge in [-0.3, -0.25) is 0 Å². The zero-order valence-electron chi connectivity index (χ0n) is 12.6. The average Bonchev–Trinajstić information content (AvgIpc) is 2.55. The lowest BCUT2D eigenvalue weighted by molar-refractivity contribution is 0.404. The minimum absolute atomic E-state index is 0.815. The number of anilines is 1. The Labute approximate surface area is 126 Å². The fraction of sp³-hybridized carbons (Fsp3) is 0.294. The highest BCUT2D eigenvalue weighted by Gasteiger charge is 2.03. The second-order valence-corrected chi connectivity index (χ2v) is 4.66. The highest BCUT2D eigenvalue weighted by atomic mass is 16.5. The van der Waals surface area contributed by atoms with Crippen molar-refractivity contribution in [3.05, 3.63) is 54.1 Å². The first-order chi connectivity index (χ1) is 10.3. The molecule has 0 atom stereocenters. The van der Waals surface area contributed by atoms with Crippen molar-refractivity contribution in [1.29, 1.82) is 0 Å². The van der Waals surface area contributed by atoms with E-state index in [0.29, 0.717) is 0 Å². The van der Waals surface area contributed by atoms with Gasteiger partial charge in [0.2, 0.25) is 0 Å². The van der Waals surface area contributed by atoms with Crippen molar-refractivity contribution in [1.82, 2.24) is 5.32 Å². The molecule has 0 saturated carbocycles. The van der Waals surface area contributed by atoms with Gasteiger partial charge in [0.1, 0.15) is 11.5 Å². The van der Waals surface area contributed by atoms with E-state index in [4.69, 9.17) is 9.47 Å². The van der Waals surface area contributed by atoms with E-state index >= 15 is 0 Å². The topological polar surface area (TPSA) is 42.5 Å². The maximum Gasteiger partial charge on any atom is 0.142 e. The summed E-state index contributed by atoms with van der Waals surface area (Å²) in [6.07, 6.45) is 0. The molecule has 0 aliphatic carbocycles. The second-order valence-electron chi connectivity index (χ2n) is 4.66. The maximum absolute atomic E-state index is 5.33. The van der Waals surface area contributed by atoms with Crippen molar-refractivity contribution in [3.8, 4) is 11.5 Å². The van der Waals surface area contributed by atoms with Crippen LogP contribution in [0.15, 0.2) is 48.5 Å². The van der Waals surface area contributed by atoms with E-state index in [1.165, 1.54) is 5.56 Å². The standard InChI is InChI=1S/C17H22N2O2/c1-20-15-8-9-17(21-2)16(12-15)19-11-10-18-13-14-6-4-3-5-7-14/h3-9,12,18-19H,10-11,13H2,1-2H3. The molecule has 112 valence electrons. The van der Waals surface area contributed by atoms with Crippen LogP contribution in [0, 0.1) is 0 Å². The third-order valence-electron chi connectivity index (χ3n) is 3.20. The molecular formula is C17H22N2O2. The second kappa shape index (κ2) is 8.17. The zero-order valence-corrected chi connectivity index (χ0v) is 12.6. The van der Waals surface area contributed by atoms with Crippen LogP contribution in [0.2, 0.25) is 0 Å². The van der Waals surface area contributed by atoms with Crippen molar-refractivity contribution in [2.45, 2.75) is 6.54 Å². The molecule has 4 heteroatoms. The van der Waals surface area contributed by atoms with E-state index in [1.807, 2.05) is 24.3 Å². The number of hydrogen-bond donors (Lipinski definition) is 2. The third kappa shape index (κ3) is 4.68. The fourth-order valence-electron chi connectivity index (χ4n) is 2.07. The molecule has 0 heterocycles. The van der Waals surface area contributed by atoms with Crippen molar-refractivity contribution in [2.24, 2.45) is 0 Å². The lowest BCUT2D eigenvalue weighted by Crippen LogP contribution is -2.21. The number of ether oxygens (including phenoxy) is 2. The number of methoxy groups -OCH3 is 2. The Hall–Kier alpha value is -2.20. The van der Waals surface area contributed by atoms with Gasteiger partial charge in [-0.2, -0.15) is 0 Å². The molecule has 21 heavy (non-hydrogen) atoms. The van der Waals surface area contributed by atoms with Gasteiger partial charge in [-0.15, -0.1) is 0 Å². The average molecular weight is 286 g/mol. The highest BCUT2D eigenvalue weighted by molar-refractivity contribution is 5.59. The highest BCUT2D eigenvalue weighted by Crippen LogP contribution is 2.28. The van der Waals surface area contributed by atoms with Crippen LogP contribution in [-0.2, 0) is 6.54 Å². The van der Waals surface area contributed by atoms with Gasteiger partial charge in [0.25, 0.3) is 0 Å². The molecule has 0 aliphatic heterocycles. The van der Waals surface area contributed by atoms with Crippen LogP contribution in [0.25, 0.3) is 0 Å². The Morgan fingerprint density at radius 1 is 0.905 bits per heavy atom. The van der Waals surface area contributed by atoms with Crippen molar-refractivity contribution in [3.63, 3.8) is 0 Å². The van der Waals surface area contributed by atoms with Crippen molar-refractivity contribution >= 4 is 5.69 Å². The Balaban J connectivity index is 1.78. The molecule has 0 bridgehead atoms. The molecule has 2 rings (SSSR count). The third-order valence-corrected chi connectivity index (χ3v) is 3.20. The van der Waals surface area contributed by atoms with E-state index in [-0.39, 0.29) is 0 Å². The van der Waals surface area contributed by atoms with Crippen LogP contribution in [0.4, 0.5) is 5.69 Å². The van der Waals surface area contributed by atoms with Crippen LogP contribution in [0.5, 0.6) is 11.5 Å². The number of benzene rings is 2. The van der Waals surface area contributed by atoms with E-state index in [9.17, 15) is 0 Å². The van der Waals surface area contributed by atoms with Gasteiger partial charge in [-0.05, 0) is 17.7 Å². The number of rotatable bonds is 8. The van der Waals surface area contributed by atoms with Gasteiger partial charge in [0.15, 0.2) is 0 Å². The molecule has 0 unspecified atom stereocenters. The van der Waals surface area contributed by atoms with Gasteiger partial charge < -0.3 is 20.1 Å². The van der Waals surface area contributed by atoms with E-state index in [0.717, 1.165) is 36.8 Å². The lowest BCUT2D eigenvalue weighted by Gasteiger charge is -2.13. The van der Waals surface area contributed by atoms with Crippen LogP contribution >= 0.6 is 0 Å². The molecule has 0 radical (unpaired) electrons. The normalized spacial score (nSPS) is 10.2. The Morgan fingerprint density at radius 2 is 1.71 bits per heavy atom. The first-order valence-electron chi connectivity index (χ1n) is 7.04. The Morgan fingerprint density at radius 3 is 2.43 bits per heavy atom. The maximum atomic E-state index is 5.33.